The van der Waals surface area contributed by atoms with E-state index in [0.29, 0.717) is 11.3 Å². The zero-order valence-electron chi connectivity index (χ0n) is 16.5. The molecular weight excluding hydrogens is 400 g/mol. The molecule has 1 amide bonds. The molecule has 1 saturated heterocycles. The van der Waals surface area contributed by atoms with Gasteiger partial charge in [0.25, 0.3) is 11.7 Å². The first kappa shape index (κ1) is 19.8. The van der Waals surface area contributed by atoms with Gasteiger partial charge in [0.15, 0.2) is 0 Å². The number of carbonyl (C=O) groups excluding carboxylic acids is 2. The number of benzene rings is 1. The van der Waals surface area contributed by atoms with E-state index in [9.17, 15) is 14.7 Å². The fourth-order valence-electron chi connectivity index (χ4n) is 3.57. The number of nitrogens with zero attached hydrogens (tertiary/aromatic N) is 2. The largest absolute Gasteiger partial charge is 0.507 e. The molecule has 3 heterocycles. The van der Waals surface area contributed by atoms with E-state index >= 15 is 0 Å². The number of ketones is 1. The Morgan fingerprint density at radius 3 is 2.57 bits per heavy atom. The van der Waals surface area contributed by atoms with Gasteiger partial charge in [-0.1, -0.05) is 6.07 Å². The monoisotopic (exact) mass is 420 g/mol. The van der Waals surface area contributed by atoms with Crippen LogP contribution in [0, 0.1) is 6.92 Å². The maximum Gasteiger partial charge on any atom is 0.295 e. The van der Waals surface area contributed by atoms with Crippen molar-refractivity contribution >= 4 is 28.8 Å². The summed E-state index contributed by atoms with van der Waals surface area (Å²) in [6.07, 6.45) is 3.32. The van der Waals surface area contributed by atoms with E-state index in [1.165, 1.54) is 16.2 Å². The third kappa shape index (κ3) is 3.48. The summed E-state index contributed by atoms with van der Waals surface area (Å²) in [4.78, 5) is 32.4. The van der Waals surface area contributed by atoms with E-state index in [1.807, 2.05) is 24.4 Å². The summed E-state index contributed by atoms with van der Waals surface area (Å²) in [5.41, 5.74) is 2.32. The molecule has 1 aromatic carbocycles. The maximum absolute atomic E-state index is 13.0. The molecule has 0 spiro atoms. The predicted octanol–water partition coefficient (Wildman–Crippen LogP) is 4.08. The third-order valence-electron chi connectivity index (χ3n) is 5.13. The Kier molecular flexibility index (Phi) is 5.37. The summed E-state index contributed by atoms with van der Waals surface area (Å²) >= 11 is 1.46. The van der Waals surface area contributed by atoms with Crippen LogP contribution < -0.4 is 4.74 Å². The highest BCUT2D eigenvalue weighted by atomic mass is 32.1. The number of aliphatic hydroxyl groups is 1. The van der Waals surface area contributed by atoms with E-state index < -0.39 is 17.7 Å². The second-order valence-electron chi connectivity index (χ2n) is 6.98. The van der Waals surface area contributed by atoms with Crippen LogP contribution in [0.2, 0.25) is 0 Å². The minimum atomic E-state index is -0.690. The minimum absolute atomic E-state index is 0.0969. The van der Waals surface area contributed by atoms with Crippen molar-refractivity contribution in [1.29, 1.82) is 0 Å². The smallest absolute Gasteiger partial charge is 0.295 e. The normalized spacial score (nSPS) is 18.1. The van der Waals surface area contributed by atoms with Crippen LogP contribution >= 0.6 is 11.3 Å². The second kappa shape index (κ2) is 8.12. The van der Waals surface area contributed by atoms with Gasteiger partial charge in [-0.2, -0.15) is 0 Å². The van der Waals surface area contributed by atoms with Crippen LogP contribution in [-0.2, 0) is 16.1 Å². The number of aryl methyl sites for hydroxylation is 1. The molecule has 7 heteroatoms. The Balaban J connectivity index is 1.84. The molecule has 1 fully saturated rings. The summed E-state index contributed by atoms with van der Waals surface area (Å²) in [5, 5.41) is 13.0. The van der Waals surface area contributed by atoms with Gasteiger partial charge in [-0.3, -0.25) is 14.6 Å². The van der Waals surface area contributed by atoms with Crippen LogP contribution in [0.15, 0.2) is 65.8 Å². The van der Waals surface area contributed by atoms with Crippen molar-refractivity contribution in [2.75, 3.05) is 7.11 Å². The fraction of sp³-hybridized carbons (Fsp3) is 0.174. The van der Waals surface area contributed by atoms with Crippen molar-refractivity contribution in [2.45, 2.75) is 19.5 Å². The van der Waals surface area contributed by atoms with Crippen molar-refractivity contribution in [3.8, 4) is 5.75 Å². The highest BCUT2D eigenvalue weighted by Crippen LogP contribution is 2.43. The topological polar surface area (TPSA) is 79.7 Å². The van der Waals surface area contributed by atoms with Gasteiger partial charge in [0, 0.05) is 29.4 Å². The van der Waals surface area contributed by atoms with E-state index in [4.69, 9.17) is 4.74 Å². The number of ether oxygens (including phenoxy) is 1. The first-order chi connectivity index (χ1) is 14.5. The van der Waals surface area contributed by atoms with E-state index in [2.05, 4.69) is 4.98 Å². The molecule has 30 heavy (non-hydrogen) atoms. The van der Waals surface area contributed by atoms with Crippen molar-refractivity contribution in [3.05, 3.63) is 87.4 Å². The molecule has 1 N–H and O–H groups in total. The lowest BCUT2D eigenvalue weighted by atomic mass is 9.98. The highest BCUT2D eigenvalue weighted by molar-refractivity contribution is 7.10. The van der Waals surface area contributed by atoms with Gasteiger partial charge in [0.05, 0.1) is 12.7 Å². The molecule has 2 aromatic heterocycles. The van der Waals surface area contributed by atoms with Crippen LogP contribution in [0.3, 0.4) is 0 Å². The number of likely N-dealkylation sites (tertiary alicyclic amines) is 1. The Hall–Kier alpha value is -3.45. The summed E-state index contributed by atoms with van der Waals surface area (Å²) in [6, 6.07) is 11.7. The molecular formula is C23H20N2O4S. The maximum atomic E-state index is 13.0. The Labute approximate surface area is 178 Å². The second-order valence-corrected chi connectivity index (χ2v) is 7.93. The molecule has 0 bridgehead atoms. The van der Waals surface area contributed by atoms with Gasteiger partial charge < -0.3 is 14.7 Å². The van der Waals surface area contributed by atoms with Crippen molar-refractivity contribution in [2.24, 2.45) is 0 Å². The van der Waals surface area contributed by atoms with Gasteiger partial charge in [-0.05, 0) is 59.8 Å². The Morgan fingerprint density at radius 1 is 1.20 bits per heavy atom. The molecule has 1 aliphatic heterocycles. The number of pyridine rings is 1. The Bertz CT molecular complexity index is 1120. The van der Waals surface area contributed by atoms with Gasteiger partial charge >= 0.3 is 0 Å². The van der Waals surface area contributed by atoms with Crippen LogP contribution in [0.4, 0.5) is 0 Å². The van der Waals surface area contributed by atoms with Gasteiger partial charge in [-0.15, -0.1) is 11.3 Å². The number of carbonyl (C=O) groups is 2. The van der Waals surface area contributed by atoms with Crippen molar-refractivity contribution in [1.82, 2.24) is 9.88 Å². The minimum Gasteiger partial charge on any atom is -0.507 e. The number of amides is 1. The van der Waals surface area contributed by atoms with Crippen LogP contribution in [0.25, 0.3) is 5.76 Å². The van der Waals surface area contributed by atoms with Gasteiger partial charge in [-0.25, -0.2) is 0 Å². The first-order valence-electron chi connectivity index (χ1n) is 9.37. The predicted molar refractivity (Wildman–Crippen MR) is 114 cm³/mol. The molecule has 152 valence electrons. The van der Waals surface area contributed by atoms with Gasteiger partial charge in [0.1, 0.15) is 17.6 Å². The summed E-state index contributed by atoms with van der Waals surface area (Å²) in [5.74, 6) is -0.881. The van der Waals surface area contributed by atoms with Crippen molar-refractivity contribution in [3.63, 3.8) is 0 Å². The number of methoxy groups -OCH3 is 1. The van der Waals surface area contributed by atoms with Crippen LogP contribution in [0.5, 0.6) is 5.75 Å². The zero-order valence-corrected chi connectivity index (χ0v) is 17.3. The fourth-order valence-corrected chi connectivity index (χ4v) is 4.62. The number of aromatic nitrogens is 1. The lowest BCUT2D eigenvalue weighted by molar-refractivity contribution is -0.140. The molecule has 4 rings (SSSR count). The lowest BCUT2D eigenvalue weighted by Crippen LogP contribution is -2.29. The molecule has 0 radical (unpaired) electrons. The first-order valence-corrected chi connectivity index (χ1v) is 10.2. The van der Waals surface area contributed by atoms with Crippen molar-refractivity contribution < 1.29 is 19.4 Å². The average molecular weight is 420 g/mol. The number of aliphatic hydroxyl groups excluding tert-OH is 1. The van der Waals surface area contributed by atoms with Crippen LogP contribution in [0.1, 0.15) is 27.6 Å². The zero-order chi connectivity index (χ0) is 21.3. The number of rotatable bonds is 5. The molecule has 6 nitrogen and oxygen atoms in total. The van der Waals surface area contributed by atoms with E-state index in [-0.39, 0.29) is 17.9 Å². The third-order valence-corrected chi connectivity index (χ3v) is 6.20. The molecule has 1 aliphatic rings. The molecule has 1 atom stereocenters. The average Bonchev–Trinajstić information content (AvgIpc) is 3.30. The summed E-state index contributed by atoms with van der Waals surface area (Å²) in [7, 11) is 1.55. The summed E-state index contributed by atoms with van der Waals surface area (Å²) in [6.45, 7) is 2.16. The highest BCUT2D eigenvalue weighted by Gasteiger charge is 2.47. The molecule has 1 unspecified atom stereocenters. The van der Waals surface area contributed by atoms with E-state index in [1.54, 1.807) is 49.8 Å². The number of hydrogen-bond acceptors (Lipinski definition) is 6. The lowest BCUT2D eigenvalue weighted by Gasteiger charge is -2.24. The SMILES string of the molecule is COc1ccc(/C(O)=C2/C(=O)C(=O)N(Cc3cccnc3)C2c2sccc2C)cc1. The number of hydrogen-bond donors (Lipinski definition) is 1. The molecule has 0 saturated carbocycles. The molecule has 0 aliphatic carbocycles. The summed E-state index contributed by atoms with van der Waals surface area (Å²) < 4.78 is 5.16. The number of thiophene rings is 1. The quantitative estimate of drug-likeness (QED) is 0.382. The van der Waals surface area contributed by atoms with Crippen LogP contribution in [-0.4, -0.2) is 33.8 Å². The Morgan fingerprint density at radius 2 is 1.97 bits per heavy atom. The standard InChI is InChI=1S/C23H20N2O4S/c1-14-9-11-30-22(14)19-18(20(26)16-5-7-17(29-2)8-6-16)21(27)23(28)25(19)13-15-4-3-10-24-12-15/h3-12,19,26H,13H2,1-2H3/b20-18-. The van der Waals surface area contributed by atoms with E-state index in [0.717, 1.165) is 16.0 Å². The van der Waals surface area contributed by atoms with Gasteiger partial charge in [0.2, 0.25) is 0 Å². The molecule has 3 aromatic rings. The number of Topliss-reactive ketones (excluding diaryl/α,β-unsaturated/α-hetero) is 1.